The normalized spacial score (nSPS) is 11.1. The fourth-order valence-electron chi connectivity index (χ4n) is 2.17. The van der Waals surface area contributed by atoms with Crippen molar-refractivity contribution in [3.63, 3.8) is 0 Å². The van der Waals surface area contributed by atoms with Gasteiger partial charge in [-0.1, -0.05) is 72.3 Å². The van der Waals surface area contributed by atoms with E-state index in [1.54, 1.807) is 48.5 Å². The molecule has 108 valence electrons. The zero-order valence-corrected chi connectivity index (χ0v) is 12.1. The first-order valence-electron chi connectivity index (χ1n) is 6.59. The molecule has 2 rings (SSSR count). The molecule has 0 aliphatic heterocycles. The molecule has 0 amide bonds. The van der Waals surface area contributed by atoms with Crippen LogP contribution in [0.2, 0.25) is 0 Å². The third-order valence-corrected chi connectivity index (χ3v) is 3.86. The zero-order chi connectivity index (χ0) is 15.3. The molecule has 0 radical (unpaired) electrons. The van der Waals surface area contributed by atoms with E-state index >= 15 is 0 Å². The molecular weight excluding hydrogens is 288 g/mol. The Kier molecular flexibility index (Phi) is 4.89. The predicted octanol–water partition coefficient (Wildman–Crippen LogP) is 2.69. The molecule has 0 saturated heterocycles. The summed E-state index contributed by atoms with van der Waals surface area (Å²) in [7, 11) is 0. The zero-order valence-electron chi connectivity index (χ0n) is 11.3. The summed E-state index contributed by atoms with van der Waals surface area (Å²) in [6.45, 7) is -0.374. The minimum atomic E-state index is -1.56. The van der Waals surface area contributed by atoms with Gasteiger partial charge >= 0.3 is 0 Å². The van der Waals surface area contributed by atoms with E-state index in [2.05, 4.69) is 0 Å². The Balaban J connectivity index is 2.55. The van der Waals surface area contributed by atoms with Gasteiger partial charge in [0.05, 0.1) is 6.61 Å². The molecular formula is C17H15ClO3. The van der Waals surface area contributed by atoms with Gasteiger partial charge < -0.3 is 5.11 Å². The molecule has 21 heavy (non-hydrogen) atoms. The number of carbonyl (C=O) groups is 2. The number of hydrogen-bond donors (Lipinski definition) is 1. The topological polar surface area (TPSA) is 54.4 Å². The first-order chi connectivity index (χ1) is 10.1. The van der Waals surface area contributed by atoms with Gasteiger partial charge in [0.2, 0.25) is 11.6 Å². The second-order valence-electron chi connectivity index (χ2n) is 4.62. The van der Waals surface area contributed by atoms with Gasteiger partial charge in [0.25, 0.3) is 0 Å². The Morgan fingerprint density at radius 2 is 1.33 bits per heavy atom. The van der Waals surface area contributed by atoms with Crippen LogP contribution in [0.3, 0.4) is 0 Å². The monoisotopic (exact) mass is 302 g/mol. The van der Waals surface area contributed by atoms with E-state index < -0.39 is 16.4 Å². The Bertz CT molecular complexity index is 583. The van der Waals surface area contributed by atoms with Crippen LogP contribution in [0.25, 0.3) is 0 Å². The van der Waals surface area contributed by atoms with Gasteiger partial charge in [0.1, 0.15) is 0 Å². The van der Waals surface area contributed by atoms with Gasteiger partial charge in [-0.2, -0.15) is 0 Å². The average Bonchev–Trinajstić information content (AvgIpc) is 2.55. The lowest BCUT2D eigenvalue weighted by Crippen LogP contribution is -2.37. The number of halogens is 1. The van der Waals surface area contributed by atoms with E-state index in [0.29, 0.717) is 11.1 Å². The second-order valence-corrected chi connectivity index (χ2v) is 5.18. The lowest BCUT2D eigenvalue weighted by Gasteiger charge is -2.26. The summed E-state index contributed by atoms with van der Waals surface area (Å²) < 4.78 is 0. The third kappa shape index (κ3) is 3.04. The van der Waals surface area contributed by atoms with Gasteiger partial charge in [-0.25, -0.2) is 0 Å². The maximum absolute atomic E-state index is 12.6. The number of hydrogen-bond acceptors (Lipinski definition) is 3. The van der Waals surface area contributed by atoms with Crippen molar-refractivity contribution >= 4 is 23.2 Å². The maximum Gasteiger partial charge on any atom is 0.228 e. The average molecular weight is 303 g/mol. The van der Waals surface area contributed by atoms with Crippen molar-refractivity contribution in [2.75, 3.05) is 6.61 Å². The fourth-order valence-corrected chi connectivity index (χ4v) is 2.53. The number of aliphatic hydroxyl groups excluding tert-OH is 1. The molecule has 0 aromatic heterocycles. The number of carbonyl (C=O) groups excluding carboxylic acids is 2. The van der Waals surface area contributed by atoms with Crippen LogP contribution in [0.5, 0.6) is 0 Å². The van der Waals surface area contributed by atoms with Crippen LogP contribution in [0.4, 0.5) is 0 Å². The van der Waals surface area contributed by atoms with E-state index in [9.17, 15) is 9.59 Å². The SMILES string of the molecule is O=C(CCO)C(=O)C(Cl)(c1ccccc1)c1ccccc1. The van der Waals surface area contributed by atoms with Crippen LogP contribution >= 0.6 is 11.6 Å². The first-order valence-corrected chi connectivity index (χ1v) is 6.97. The number of ketones is 2. The number of Topliss-reactive ketones (excluding diaryl/α,β-unsaturated/α-hetero) is 2. The van der Waals surface area contributed by atoms with E-state index in [4.69, 9.17) is 16.7 Å². The van der Waals surface area contributed by atoms with E-state index in [-0.39, 0.29) is 13.0 Å². The minimum Gasteiger partial charge on any atom is -0.396 e. The minimum absolute atomic E-state index is 0.229. The quantitative estimate of drug-likeness (QED) is 0.659. The molecule has 0 heterocycles. The van der Waals surface area contributed by atoms with Crippen molar-refractivity contribution in [3.05, 3.63) is 71.8 Å². The Morgan fingerprint density at radius 1 is 0.905 bits per heavy atom. The van der Waals surface area contributed by atoms with Gasteiger partial charge in [0, 0.05) is 6.42 Å². The molecule has 0 spiro atoms. The molecule has 0 atom stereocenters. The first kappa shape index (κ1) is 15.4. The van der Waals surface area contributed by atoms with Crippen molar-refractivity contribution in [1.29, 1.82) is 0 Å². The summed E-state index contributed by atoms with van der Waals surface area (Å²) in [6.07, 6.45) is -0.229. The smallest absolute Gasteiger partial charge is 0.228 e. The second kappa shape index (κ2) is 6.66. The highest BCUT2D eigenvalue weighted by Gasteiger charge is 2.42. The largest absolute Gasteiger partial charge is 0.396 e. The molecule has 0 bridgehead atoms. The Labute approximate surface area is 128 Å². The number of aliphatic hydroxyl groups is 1. The summed E-state index contributed by atoms with van der Waals surface area (Å²) >= 11 is 6.62. The lowest BCUT2D eigenvalue weighted by atomic mass is 9.84. The number of benzene rings is 2. The summed E-state index contributed by atoms with van der Waals surface area (Å²) in [5, 5.41) is 8.88. The van der Waals surface area contributed by atoms with Gasteiger partial charge in [-0.15, -0.1) is 0 Å². The molecule has 2 aromatic carbocycles. The number of rotatable bonds is 6. The van der Waals surface area contributed by atoms with Crippen LogP contribution in [-0.2, 0) is 14.5 Å². The molecule has 0 unspecified atom stereocenters. The van der Waals surface area contributed by atoms with Crippen LogP contribution < -0.4 is 0 Å². The van der Waals surface area contributed by atoms with Crippen molar-refractivity contribution in [2.24, 2.45) is 0 Å². The fraction of sp³-hybridized carbons (Fsp3) is 0.176. The highest BCUT2D eigenvalue weighted by molar-refractivity contribution is 6.53. The van der Waals surface area contributed by atoms with Crippen molar-refractivity contribution in [3.8, 4) is 0 Å². The summed E-state index contributed by atoms with van der Waals surface area (Å²) in [5.74, 6) is -1.41. The van der Waals surface area contributed by atoms with Gasteiger partial charge in [0.15, 0.2) is 4.87 Å². The van der Waals surface area contributed by atoms with Gasteiger partial charge in [-0.3, -0.25) is 9.59 Å². The van der Waals surface area contributed by atoms with Crippen LogP contribution in [0, 0.1) is 0 Å². The molecule has 0 aliphatic carbocycles. The highest BCUT2D eigenvalue weighted by Crippen LogP contribution is 2.38. The van der Waals surface area contributed by atoms with E-state index in [1.165, 1.54) is 0 Å². The molecule has 2 aromatic rings. The van der Waals surface area contributed by atoms with Crippen LogP contribution in [-0.4, -0.2) is 23.3 Å². The molecule has 1 N–H and O–H groups in total. The summed E-state index contributed by atoms with van der Waals surface area (Å²) in [6, 6.07) is 17.5. The van der Waals surface area contributed by atoms with Crippen molar-refractivity contribution in [2.45, 2.75) is 11.3 Å². The molecule has 0 fully saturated rings. The molecule has 4 heteroatoms. The van der Waals surface area contributed by atoms with Crippen molar-refractivity contribution in [1.82, 2.24) is 0 Å². The Hall–Kier alpha value is -1.97. The Morgan fingerprint density at radius 3 is 1.71 bits per heavy atom. The van der Waals surface area contributed by atoms with E-state index in [1.807, 2.05) is 12.1 Å². The summed E-state index contributed by atoms with van der Waals surface area (Å²) in [5.41, 5.74) is 1.07. The highest BCUT2D eigenvalue weighted by atomic mass is 35.5. The van der Waals surface area contributed by atoms with Crippen molar-refractivity contribution < 1.29 is 14.7 Å². The van der Waals surface area contributed by atoms with Gasteiger partial charge in [-0.05, 0) is 11.1 Å². The van der Waals surface area contributed by atoms with Crippen LogP contribution in [0.1, 0.15) is 17.5 Å². The maximum atomic E-state index is 12.6. The summed E-state index contributed by atoms with van der Waals surface area (Å²) in [4.78, 5) is 22.9. The molecule has 0 saturated carbocycles. The van der Waals surface area contributed by atoms with E-state index in [0.717, 1.165) is 0 Å². The van der Waals surface area contributed by atoms with Crippen LogP contribution in [0.15, 0.2) is 60.7 Å². The molecule has 0 aliphatic rings. The predicted molar refractivity (Wildman–Crippen MR) is 81.2 cm³/mol. The standard InChI is InChI=1S/C17H15ClO3/c18-17(13-7-3-1-4-8-13,14-9-5-2-6-10-14)16(21)15(20)11-12-19/h1-10,19H,11-12H2. The third-order valence-electron chi connectivity index (χ3n) is 3.25. The number of alkyl halides is 1. The lowest BCUT2D eigenvalue weighted by molar-refractivity contribution is -0.138. The molecule has 3 nitrogen and oxygen atoms in total.